The van der Waals surface area contributed by atoms with E-state index in [2.05, 4.69) is 12.2 Å². The lowest BCUT2D eigenvalue weighted by atomic mass is 9.98. The molecule has 112 valence electrons. The molecular weight excluding hydrogens is 266 g/mol. The minimum absolute atomic E-state index is 0.130. The molecule has 0 aliphatic heterocycles. The van der Waals surface area contributed by atoms with E-state index in [1.54, 1.807) is 12.1 Å². The molecule has 0 saturated heterocycles. The molecule has 0 radical (unpaired) electrons. The van der Waals surface area contributed by atoms with E-state index in [-0.39, 0.29) is 18.4 Å². The van der Waals surface area contributed by atoms with Gasteiger partial charge < -0.3 is 14.8 Å². The summed E-state index contributed by atoms with van der Waals surface area (Å²) in [5.41, 5.74) is 2.20. The van der Waals surface area contributed by atoms with E-state index in [1.165, 1.54) is 11.8 Å². The summed E-state index contributed by atoms with van der Waals surface area (Å²) in [5.74, 6) is 0.147. The number of aryl methyl sites for hydroxylation is 1. The van der Waals surface area contributed by atoms with Crippen LogP contribution in [0.1, 0.15) is 42.7 Å². The summed E-state index contributed by atoms with van der Waals surface area (Å²) < 4.78 is 5.23. The van der Waals surface area contributed by atoms with Crippen molar-refractivity contribution in [3.63, 3.8) is 0 Å². The fraction of sp³-hybridized carbons (Fsp3) is 0.353. The lowest BCUT2D eigenvalue weighted by Crippen LogP contribution is -2.33. The highest BCUT2D eigenvalue weighted by molar-refractivity contribution is 5.83. The maximum atomic E-state index is 12.3. The Morgan fingerprint density at radius 3 is 2.52 bits per heavy atom. The van der Waals surface area contributed by atoms with Crippen molar-refractivity contribution in [1.82, 2.24) is 5.32 Å². The van der Waals surface area contributed by atoms with Gasteiger partial charge in [0.05, 0.1) is 18.8 Å². The third-order valence-electron chi connectivity index (χ3n) is 3.67. The van der Waals surface area contributed by atoms with Crippen LogP contribution in [0.3, 0.4) is 0 Å². The van der Waals surface area contributed by atoms with Crippen molar-refractivity contribution in [2.45, 2.75) is 32.2 Å². The smallest absolute Gasteiger partial charge is 0.227 e. The molecular formula is C17H21NO3. The number of carbonyl (C=O) groups excluding carboxylic acids is 1. The standard InChI is InChI=1S/C17H21NO3/c1-3-13-6-8-14(9-7-13)12(2)17(20)18-15(11-19)16-5-4-10-21-16/h4-10,12,15,19H,3,11H2,1-2H3,(H,18,20). The highest BCUT2D eigenvalue weighted by Gasteiger charge is 2.21. The number of carbonyl (C=O) groups is 1. The Morgan fingerprint density at radius 2 is 2.00 bits per heavy atom. The van der Waals surface area contributed by atoms with E-state index in [9.17, 15) is 9.90 Å². The van der Waals surface area contributed by atoms with Crippen molar-refractivity contribution in [2.75, 3.05) is 6.61 Å². The summed E-state index contributed by atoms with van der Waals surface area (Å²) in [5, 5.41) is 12.2. The SMILES string of the molecule is CCc1ccc(C(C)C(=O)NC(CO)c2ccco2)cc1. The summed E-state index contributed by atoms with van der Waals surface area (Å²) in [4.78, 5) is 12.3. The first-order chi connectivity index (χ1) is 10.2. The van der Waals surface area contributed by atoms with E-state index in [0.717, 1.165) is 12.0 Å². The molecule has 0 bridgehead atoms. The zero-order valence-corrected chi connectivity index (χ0v) is 12.4. The van der Waals surface area contributed by atoms with Crippen LogP contribution in [0.15, 0.2) is 47.1 Å². The molecule has 2 aromatic rings. The molecule has 0 saturated carbocycles. The Labute approximate surface area is 124 Å². The summed E-state index contributed by atoms with van der Waals surface area (Å²) >= 11 is 0. The monoisotopic (exact) mass is 287 g/mol. The predicted octanol–water partition coefficient (Wildman–Crippen LogP) is 2.80. The van der Waals surface area contributed by atoms with Crippen LogP contribution in [-0.4, -0.2) is 17.6 Å². The highest BCUT2D eigenvalue weighted by atomic mass is 16.3. The molecule has 0 fully saturated rings. The number of amides is 1. The van der Waals surface area contributed by atoms with Gasteiger partial charge in [0.25, 0.3) is 0 Å². The lowest BCUT2D eigenvalue weighted by Gasteiger charge is -2.18. The molecule has 4 nitrogen and oxygen atoms in total. The molecule has 4 heteroatoms. The number of hydrogen-bond donors (Lipinski definition) is 2. The van der Waals surface area contributed by atoms with Crippen LogP contribution in [0.4, 0.5) is 0 Å². The molecule has 0 spiro atoms. The largest absolute Gasteiger partial charge is 0.467 e. The van der Waals surface area contributed by atoms with E-state index < -0.39 is 6.04 Å². The van der Waals surface area contributed by atoms with Crippen molar-refractivity contribution in [2.24, 2.45) is 0 Å². The van der Waals surface area contributed by atoms with Gasteiger partial charge in [0.1, 0.15) is 11.8 Å². The first kappa shape index (κ1) is 15.3. The third-order valence-corrected chi connectivity index (χ3v) is 3.67. The minimum atomic E-state index is -0.509. The fourth-order valence-corrected chi connectivity index (χ4v) is 2.19. The number of aliphatic hydroxyl groups is 1. The van der Waals surface area contributed by atoms with Crippen LogP contribution in [0.5, 0.6) is 0 Å². The van der Waals surface area contributed by atoms with Gasteiger partial charge in [0.2, 0.25) is 5.91 Å². The minimum Gasteiger partial charge on any atom is -0.467 e. The molecule has 2 unspecified atom stereocenters. The summed E-state index contributed by atoms with van der Waals surface area (Å²) in [6.07, 6.45) is 2.50. The van der Waals surface area contributed by atoms with Crippen LogP contribution in [0.25, 0.3) is 0 Å². The van der Waals surface area contributed by atoms with Gasteiger partial charge in [-0.2, -0.15) is 0 Å². The van der Waals surface area contributed by atoms with Crippen molar-refractivity contribution in [3.8, 4) is 0 Å². The second-order valence-electron chi connectivity index (χ2n) is 5.08. The van der Waals surface area contributed by atoms with Gasteiger partial charge in [-0.3, -0.25) is 4.79 Å². The van der Waals surface area contributed by atoms with Crippen molar-refractivity contribution in [1.29, 1.82) is 0 Å². The van der Waals surface area contributed by atoms with Crippen molar-refractivity contribution < 1.29 is 14.3 Å². The second kappa shape index (κ2) is 7.09. The Kier molecular flexibility index (Phi) is 5.17. The zero-order chi connectivity index (χ0) is 15.2. The van der Waals surface area contributed by atoms with Crippen LogP contribution >= 0.6 is 0 Å². The Balaban J connectivity index is 2.04. The van der Waals surface area contributed by atoms with Crippen molar-refractivity contribution >= 4 is 5.91 Å². The van der Waals surface area contributed by atoms with E-state index in [4.69, 9.17) is 4.42 Å². The zero-order valence-electron chi connectivity index (χ0n) is 12.4. The first-order valence-corrected chi connectivity index (χ1v) is 7.19. The van der Waals surface area contributed by atoms with E-state index >= 15 is 0 Å². The van der Waals surface area contributed by atoms with Crippen LogP contribution < -0.4 is 5.32 Å². The first-order valence-electron chi connectivity index (χ1n) is 7.19. The molecule has 21 heavy (non-hydrogen) atoms. The molecule has 1 heterocycles. The summed E-state index contributed by atoms with van der Waals surface area (Å²) in [6.45, 7) is 3.76. The van der Waals surface area contributed by atoms with Gasteiger partial charge in [0.15, 0.2) is 0 Å². The number of furan rings is 1. The van der Waals surface area contributed by atoms with E-state index in [1.807, 2.05) is 31.2 Å². The number of aliphatic hydroxyl groups excluding tert-OH is 1. The van der Waals surface area contributed by atoms with Crippen molar-refractivity contribution in [3.05, 3.63) is 59.5 Å². The van der Waals surface area contributed by atoms with Crippen LogP contribution in [0, 0.1) is 0 Å². The summed E-state index contributed by atoms with van der Waals surface area (Å²) in [7, 11) is 0. The van der Waals surface area contributed by atoms with Gasteiger partial charge in [-0.1, -0.05) is 31.2 Å². The van der Waals surface area contributed by atoms with Gasteiger partial charge in [0, 0.05) is 0 Å². The topological polar surface area (TPSA) is 62.5 Å². The number of rotatable bonds is 6. The quantitative estimate of drug-likeness (QED) is 0.858. The van der Waals surface area contributed by atoms with E-state index in [0.29, 0.717) is 5.76 Å². The van der Waals surface area contributed by atoms with Gasteiger partial charge >= 0.3 is 0 Å². The predicted molar refractivity (Wildman–Crippen MR) is 80.9 cm³/mol. The second-order valence-corrected chi connectivity index (χ2v) is 5.08. The molecule has 0 aliphatic rings. The van der Waals surface area contributed by atoms with Gasteiger partial charge in [-0.05, 0) is 36.6 Å². The molecule has 1 aromatic heterocycles. The fourth-order valence-electron chi connectivity index (χ4n) is 2.19. The van der Waals surface area contributed by atoms with Gasteiger partial charge in [-0.25, -0.2) is 0 Å². The number of hydrogen-bond acceptors (Lipinski definition) is 3. The molecule has 1 amide bonds. The Hall–Kier alpha value is -2.07. The number of nitrogens with one attached hydrogen (secondary N) is 1. The average molecular weight is 287 g/mol. The third kappa shape index (κ3) is 3.73. The molecule has 2 N–H and O–H groups in total. The van der Waals surface area contributed by atoms with Gasteiger partial charge in [-0.15, -0.1) is 0 Å². The molecule has 2 atom stereocenters. The molecule has 1 aromatic carbocycles. The summed E-state index contributed by atoms with van der Waals surface area (Å²) in [6, 6.07) is 11.0. The van der Waals surface area contributed by atoms with Crippen LogP contribution in [0.2, 0.25) is 0 Å². The number of benzene rings is 1. The Morgan fingerprint density at radius 1 is 1.29 bits per heavy atom. The average Bonchev–Trinajstić information content (AvgIpc) is 3.06. The Bertz CT molecular complexity index is 560. The normalized spacial score (nSPS) is 13.7. The highest BCUT2D eigenvalue weighted by Crippen LogP contribution is 2.19. The molecule has 0 aliphatic carbocycles. The molecule has 2 rings (SSSR count). The maximum Gasteiger partial charge on any atom is 0.227 e. The maximum absolute atomic E-state index is 12.3. The van der Waals surface area contributed by atoms with Crippen LogP contribution in [-0.2, 0) is 11.2 Å². The lowest BCUT2D eigenvalue weighted by molar-refractivity contribution is -0.123.